The number of thiophene rings is 1. The first-order valence-electron chi connectivity index (χ1n) is 6.87. The van der Waals surface area contributed by atoms with E-state index in [1.165, 1.54) is 17.4 Å². The van der Waals surface area contributed by atoms with Gasteiger partial charge in [-0.1, -0.05) is 30.3 Å². The summed E-state index contributed by atoms with van der Waals surface area (Å²) in [5.41, 5.74) is 6.78. The third-order valence-electron chi connectivity index (χ3n) is 3.40. The molecule has 0 unspecified atom stereocenters. The molecule has 0 radical (unpaired) electrons. The molecule has 2 aromatic carbocycles. The number of halogens is 1. The summed E-state index contributed by atoms with van der Waals surface area (Å²) in [5, 5.41) is 2.48. The first-order valence-corrected chi connectivity index (χ1v) is 7.75. The van der Waals surface area contributed by atoms with E-state index in [-0.39, 0.29) is 11.9 Å². The fourth-order valence-electron chi connectivity index (χ4n) is 2.36. The van der Waals surface area contributed by atoms with Crippen LogP contribution in [0.15, 0.2) is 53.9 Å². The molecule has 0 bridgehead atoms. The molecule has 0 aliphatic heterocycles. The molecular formula is C17H16FNOS. The van der Waals surface area contributed by atoms with E-state index in [4.69, 9.17) is 10.5 Å². The van der Waals surface area contributed by atoms with E-state index in [1.54, 1.807) is 12.1 Å². The van der Waals surface area contributed by atoms with Gasteiger partial charge in [-0.15, -0.1) is 11.3 Å². The minimum atomic E-state index is -0.214. The fraction of sp³-hybridized carbons (Fsp3) is 0.176. The molecule has 1 heterocycles. The van der Waals surface area contributed by atoms with Crippen LogP contribution in [0.5, 0.6) is 5.75 Å². The van der Waals surface area contributed by atoms with Gasteiger partial charge in [0.25, 0.3) is 0 Å². The monoisotopic (exact) mass is 301 g/mol. The number of hydrogen-bond acceptors (Lipinski definition) is 3. The molecule has 1 aromatic heterocycles. The Kier molecular flexibility index (Phi) is 4.18. The highest BCUT2D eigenvalue weighted by molar-refractivity contribution is 7.17. The van der Waals surface area contributed by atoms with Gasteiger partial charge in [0.2, 0.25) is 0 Å². The molecule has 0 spiro atoms. The van der Waals surface area contributed by atoms with E-state index >= 15 is 0 Å². The van der Waals surface area contributed by atoms with Crippen molar-refractivity contribution in [2.45, 2.75) is 12.5 Å². The second-order valence-electron chi connectivity index (χ2n) is 4.80. The van der Waals surface area contributed by atoms with Gasteiger partial charge in [0, 0.05) is 11.8 Å². The summed E-state index contributed by atoms with van der Waals surface area (Å²) in [6, 6.07) is 14.9. The quantitative estimate of drug-likeness (QED) is 0.752. The van der Waals surface area contributed by atoms with Crippen LogP contribution >= 0.6 is 11.3 Å². The second kappa shape index (κ2) is 6.24. The summed E-state index contributed by atoms with van der Waals surface area (Å²) >= 11 is 1.49. The topological polar surface area (TPSA) is 35.2 Å². The lowest BCUT2D eigenvalue weighted by Gasteiger charge is -2.19. The van der Waals surface area contributed by atoms with Gasteiger partial charge in [-0.2, -0.15) is 0 Å². The largest absolute Gasteiger partial charge is 0.484 e. The van der Waals surface area contributed by atoms with Crippen LogP contribution in [0, 0.1) is 5.82 Å². The van der Waals surface area contributed by atoms with Gasteiger partial charge >= 0.3 is 0 Å². The SMILES string of the molecule is NCC[C@H](Oc1ccc(F)c2ccsc12)c1ccccc1. The Morgan fingerprint density at radius 2 is 1.90 bits per heavy atom. The van der Waals surface area contributed by atoms with Gasteiger partial charge in [-0.05, 0) is 35.7 Å². The van der Waals surface area contributed by atoms with Gasteiger partial charge in [-0.25, -0.2) is 4.39 Å². The zero-order valence-electron chi connectivity index (χ0n) is 11.5. The lowest BCUT2D eigenvalue weighted by Crippen LogP contribution is -2.13. The van der Waals surface area contributed by atoms with Crippen molar-refractivity contribution in [1.82, 2.24) is 0 Å². The average Bonchev–Trinajstić information content (AvgIpc) is 3.01. The van der Waals surface area contributed by atoms with Gasteiger partial charge < -0.3 is 10.5 Å². The Bertz CT molecular complexity index is 726. The molecule has 108 valence electrons. The molecule has 2 nitrogen and oxygen atoms in total. The Labute approximate surface area is 127 Å². The van der Waals surface area contributed by atoms with Gasteiger partial charge in [0.1, 0.15) is 17.7 Å². The third-order valence-corrected chi connectivity index (χ3v) is 4.33. The second-order valence-corrected chi connectivity index (χ2v) is 5.72. The summed E-state index contributed by atoms with van der Waals surface area (Å²) in [4.78, 5) is 0. The van der Waals surface area contributed by atoms with Gasteiger partial charge in [0.05, 0.1) is 4.70 Å². The van der Waals surface area contributed by atoms with Crippen LogP contribution < -0.4 is 10.5 Å². The summed E-state index contributed by atoms with van der Waals surface area (Å²) in [5.74, 6) is 0.498. The molecule has 0 amide bonds. The summed E-state index contributed by atoms with van der Waals surface area (Å²) in [6.45, 7) is 0.536. The third kappa shape index (κ3) is 2.91. The van der Waals surface area contributed by atoms with Crippen molar-refractivity contribution in [3.8, 4) is 5.75 Å². The van der Waals surface area contributed by atoms with Crippen molar-refractivity contribution in [2.75, 3.05) is 6.54 Å². The van der Waals surface area contributed by atoms with Crippen molar-refractivity contribution >= 4 is 21.4 Å². The maximum Gasteiger partial charge on any atom is 0.138 e. The first kappa shape index (κ1) is 14.0. The maximum atomic E-state index is 13.7. The number of ether oxygens (including phenoxy) is 1. The molecule has 0 fully saturated rings. The predicted molar refractivity (Wildman–Crippen MR) is 85.3 cm³/mol. The van der Waals surface area contributed by atoms with Crippen molar-refractivity contribution in [3.05, 3.63) is 65.3 Å². The highest BCUT2D eigenvalue weighted by Crippen LogP contribution is 2.35. The molecule has 21 heavy (non-hydrogen) atoms. The minimum absolute atomic E-state index is 0.119. The van der Waals surface area contributed by atoms with Crippen LogP contribution in [0.4, 0.5) is 4.39 Å². The van der Waals surface area contributed by atoms with E-state index in [0.29, 0.717) is 24.1 Å². The van der Waals surface area contributed by atoms with E-state index in [1.807, 2.05) is 35.7 Å². The Morgan fingerprint density at radius 1 is 1.10 bits per heavy atom. The van der Waals surface area contributed by atoms with Crippen molar-refractivity contribution in [2.24, 2.45) is 5.73 Å². The molecule has 0 aliphatic carbocycles. The van der Waals surface area contributed by atoms with Crippen molar-refractivity contribution < 1.29 is 9.13 Å². The molecule has 0 saturated heterocycles. The van der Waals surface area contributed by atoms with Crippen LogP contribution in [0.1, 0.15) is 18.1 Å². The normalized spacial score (nSPS) is 12.5. The number of rotatable bonds is 5. The van der Waals surface area contributed by atoms with E-state index in [9.17, 15) is 4.39 Å². The molecule has 3 rings (SSSR count). The average molecular weight is 301 g/mol. The number of nitrogens with two attached hydrogens (primary N) is 1. The van der Waals surface area contributed by atoms with Crippen LogP contribution in [-0.2, 0) is 0 Å². The van der Waals surface area contributed by atoms with Crippen molar-refractivity contribution in [3.63, 3.8) is 0 Å². The first-order chi connectivity index (χ1) is 10.3. The predicted octanol–water partition coefficient (Wildman–Crippen LogP) is 4.51. The van der Waals surface area contributed by atoms with Crippen LogP contribution in [0.25, 0.3) is 10.1 Å². The zero-order chi connectivity index (χ0) is 14.7. The van der Waals surface area contributed by atoms with Crippen LogP contribution in [-0.4, -0.2) is 6.54 Å². The summed E-state index contributed by atoms with van der Waals surface area (Å²) in [6.07, 6.45) is 0.598. The Hall–Kier alpha value is -1.91. The molecule has 3 aromatic rings. The Morgan fingerprint density at radius 3 is 2.67 bits per heavy atom. The fourth-order valence-corrected chi connectivity index (χ4v) is 3.23. The standard InChI is InChI=1S/C17H16FNOS/c18-14-6-7-16(17-13(14)9-11-21-17)20-15(8-10-19)12-4-2-1-3-5-12/h1-7,9,11,15H,8,10,19H2/t15-/m0/s1. The number of fused-ring (bicyclic) bond motifs is 1. The molecule has 0 saturated carbocycles. The van der Waals surface area contributed by atoms with Crippen molar-refractivity contribution in [1.29, 1.82) is 0 Å². The molecule has 0 aliphatic rings. The molecule has 1 atom stereocenters. The van der Waals surface area contributed by atoms with Gasteiger partial charge in [-0.3, -0.25) is 0 Å². The summed E-state index contributed by atoms with van der Waals surface area (Å²) < 4.78 is 20.7. The van der Waals surface area contributed by atoms with Gasteiger partial charge in [0.15, 0.2) is 0 Å². The zero-order valence-corrected chi connectivity index (χ0v) is 12.3. The molecule has 2 N–H and O–H groups in total. The summed E-state index contributed by atoms with van der Waals surface area (Å²) in [7, 11) is 0. The Balaban J connectivity index is 1.95. The minimum Gasteiger partial charge on any atom is -0.484 e. The molecular weight excluding hydrogens is 285 g/mol. The van der Waals surface area contributed by atoms with Crippen LogP contribution in [0.2, 0.25) is 0 Å². The smallest absolute Gasteiger partial charge is 0.138 e. The van der Waals surface area contributed by atoms with Crippen LogP contribution in [0.3, 0.4) is 0 Å². The highest BCUT2D eigenvalue weighted by atomic mass is 32.1. The number of benzene rings is 2. The van der Waals surface area contributed by atoms with E-state index in [0.717, 1.165) is 10.3 Å². The lowest BCUT2D eigenvalue weighted by atomic mass is 10.1. The number of hydrogen-bond donors (Lipinski definition) is 1. The van der Waals surface area contributed by atoms with E-state index < -0.39 is 0 Å². The van der Waals surface area contributed by atoms with E-state index in [2.05, 4.69) is 0 Å². The molecule has 4 heteroatoms. The highest BCUT2D eigenvalue weighted by Gasteiger charge is 2.15. The maximum absolute atomic E-state index is 13.7. The lowest BCUT2D eigenvalue weighted by molar-refractivity contribution is 0.200.